The molecular weight excluding hydrogens is 150 g/mol. The first kappa shape index (κ1) is 9.72. The molecule has 0 radical (unpaired) electrons. The van der Waals surface area contributed by atoms with Gasteiger partial charge in [0.15, 0.2) is 0 Å². The monoisotopic (exact) mass is 169 g/mol. The van der Waals surface area contributed by atoms with Crippen molar-refractivity contribution >= 4 is 5.78 Å². The number of nitrogens with one attached hydrogen (secondary N) is 1. The van der Waals surface area contributed by atoms with Gasteiger partial charge in [0.1, 0.15) is 5.78 Å². The fourth-order valence-electron chi connectivity index (χ4n) is 1.97. The second-order valence-electron chi connectivity index (χ2n) is 4.14. The van der Waals surface area contributed by atoms with Crippen LogP contribution in [0.3, 0.4) is 0 Å². The van der Waals surface area contributed by atoms with Crippen LogP contribution in [0.25, 0.3) is 0 Å². The Labute approximate surface area is 74.7 Å². The van der Waals surface area contributed by atoms with Crippen molar-refractivity contribution in [2.24, 2.45) is 5.92 Å². The third kappa shape index (κ3) is 2.59. The summed E-state index contributed by atoms with van der Waals surface area (Å²) in [5.74, 6) is 0.698. The van der Waals surface area contributed by atoms with Crippen LogP contribution in [-0.4, -0.2) is 17.9 Å². The van der Waals surface area contributed by atoms with Crippen molar-refractivity contribution in [3.05, 3.63) is 0 Å². The third-order valence-corrected chi connectivity index (χ3v) is 2.58. The Kier molecular flexibility index (Phi) is 3.27. The topological polar surface area (TPSA) is 29.1 Å². The molecule has 0 aromatic heterocycles. The van der Waals surface area contributed by atoms with Gasteiger partial charge in [-0.05, 0) is 26.2 Å². The fourth-order valence-corrected chi connectivity index (χ4v) is 1.97. The van der Waals surface area contributed by atoms with Crippen LogP contribution in [-0.2, 0) is 4.79 Å². The maximum absolute atomic E-state index is 11.0. The van der Waals surface area contributed by atoms with E-state index in [0.717, 1.165) is 12.8 Å². The SMILES string of the molecule is CC(=O)[C@@H]1CC[C@@H](NC(C)C)C1. The Morgan fingerprint density at radius 2 is 2.08 bits per heavy atom. The van der Waals surface area contributed by atoms with Crippen molar-refractivity contribution in [1.29, 1.82) is 0 Å². The van der Waals surface area contributed by atoms with Crippen molar-refractivity contribution in [2.75, 3.05) is 0 Å². The molecular formula is C10H19NO. The van der Waals surface area contributed by atoms with Crippen molar-refractivity contribution in [2.45, 2.75) is 52.1 Å². The second kappa shape index (κ2) is 4.04. The highest BCUT2D eigenvalue weighted by Crippen LogP contribution is 2.26. The van der Waals surface area contributed by atoms with Crippen LogP contribution >= 0.6 is 0 Å². The van der Waals surface area contributed by atoms with Crippen molar-refractivity contribution < 1.29 is 4.79 Å². The van der Waals surface area contributed by atoms with E-state index in [-0.39, 0.29) is 0 Å². The first-order valence-electron chi connectivity index (χ1n) is 4.86. The lowest BCUT2D eigenvalue weighted by Crippen LogP contribution is -2.32. The summed E-state index contributed by atoms with van der Waals surface area (Å²) in [6.07, 6.45) is 3.30. The highest BCUT2D eigenvalue weighted by molar-refractivity contribution is 5.78. The number of hydrogen-bond acceptors (Lipinski definition) is 2. The quantitative estimate of drug-likeness (QED) is 0.697. The van der Waals surface area contributed by atoms with E-state index >= 15 is 0 Å². The van der Waals surface area contributed by atoms with E-state index in [1.807, 2.05) is 0 Å². The molecule has 12 heavy (non-hydrogen) atoms. The highest BCUT2D eigenvalue weighted by atomic mass is 16.1. The standard InChI is InChI=1S/C10H19NO/c1-7(2)11-10-5-4-9(6-10)8(3)12/h7,9-11H,4-6H2,1-3H3/t9-,10-/m1/s1. The largest absolute Gasteiger partial charge is 0.312 e. The molecule has 2 atom stereocenters. The number of carbonyl (C=O) groups is 1. The van der Waals surface area contributed by atoms with Gasteiger partial charge in [0.05, 0.1) is 0 Å². The van der Waals surface area contributed by atoms with E-state index in [0.29, 0.717) is 23.8 Å². The molecule has 2 nitrogen and oxygen atoms in total. The van der Waals surface area contributed by atoms with Crippen LogP contribution in [0.5, 0.6) is 0 Å². The molecule has 0 aromatic rings. The molecule has 1 saturated carbocycles. The summed E-state index contributed by atoms with van der Waals surface area (Å²) in [7, 11) is 0. The number of Topliss-reactive ketones (excluding diaryl/α,β-unsaturated/α-hetero) is 1. The number of ketones is 1. The lowest BCUT2D eigenvalue weighted by Gasteiger charge is -2.15. The Morgan fingerprint density at radius 3 is 2.50 bits per heavy atom. The number of hydrogen-bond donors (Lipinski definition) is 1. The third-order valence-electron chi connectivity index (χ3n) is 2.58. The lowest BCUT2D eigenvalue weighted by atomic mass is 10.0. The van der Waals surface area contributed by atoms with Crippen molar-refractivity contribution in [3.63, 3.8) is 0 Å². The van der Waals surface area contributed by atoms with Crippen molar-refractivity contribution in [1.82, 2.24) is 5.32 Å². The molecule has 70 valence electrons. The minimum Gasteiger partial charge on any atom is -0.312 e. The summed E-state index contributed by atoms with van der Waals surface area (Å²) in [4.78, 5) is 11.0. The fraction of sp³-hybridized carbons (Fsp3) is 0.900. The smallest absolute Gasteiger partial charge is 0.132 e. The van der Waals surface area contributed by atoms with Gasteiger partial charge in [0.25, 0.3) is 0 Å². The summed E-state index contributed by atoms with van der Waals surface area (Å²) >= 11 is 0. The van der Waals surface area contributed by atoms with Crippen LogP contribution in [0.15, 0.2) is 0 Å². The van der Waals surface area contributed by atoms with Gasteiger partial charge in [-0.15, -0.1) is 0 Å². The van der Waals surface area contributed by atoms with Gasteiger partial charge in [0, 0.05) is 18.0 Å². The van der Waals surface area contributed by atoms with Crippen molar-refractivity contribution in [3.8, 4) is 0 Å². The number of carbonyl (C=O) groups excluding carboxylic acids is 1. The minimum absolute atomic E-state index is 0.334. The molecule has 0 aliphatic heterocycles. The number of rotatable bonds is 3. The van der Waals surface area contributed by atoms with Gasteiger partial charge in [-0.1, -0.05) is 13.8 Å². The zero-order valence-electron chi connectivity index (χ0n) is 8.26. The van der Waals surface area contributed by atoms with Crippen LogP contribution < -0.4 is 5.32 Å². The zero-order chi connectivity index (χ0) is 9.14. The molecule has 1 N–H and O–H groups in total. The molecule has 0 spiro atoms. The molecule has 0 aromatic carbocycles. The average molecular weight is 169 g/mol. The molecule has 0 unspecified atom stereocenters. The predicted molar refractivity (Wildman–Crippen MR) is 50.1 cm³/mol. The van der Waals surface area contributed by atoms with Gasteiger partial charge in [-0.2, -0.15) is 0 Å². The Bertz CT molecular complexity index is 165. The summed E-state index contributed by atoms with van der Waals surface area (Å²) in [6, 6.07) is 1.12. The Balaban J connectivity index is 2.30. The molecule has 1 aliphatic rings. The molecule has 1 fully saturated rings. The van der Waals surface area contributed by atoms with E-state index in [1.165, 1.54) is 6.42 Å². The van der Waals surface area contributed by atoms with E-state index in [9.17, 15) is 4.79 Å². The Hall–Kier alpha value is -0.370. The lowest BCUT2D eigenvalue weighted by molar-refractivity contribution is -0.120. The summed E-state index contributed by atoms with van der Waals surface area (Å²) < 4.78 is 0. The summed E-state index contributed by atoms with van der Waals surface area (Å²) in [5, 5.41) is 3.47. The predicted octanol–water partition coefficient (Wildman–Crippen LogP) is 1.74. The van der Waals surface area contributed by atoms with Gasteiger partial charge < -0.3 is 5.32 Å². The van der Waals surface area contributed by atoms with Gasteiger partial charge >= 0.3 is 0 Å². The maximum atomic E-state index is 11.0. The first-order chi connectivity index (χ1) is 5.59. The molecule has 0 heterocycles. The zero-order valence-corrected chi connectivity index (χ0v) is 8.26. The first-order valence-corrected chi connectivity index (χ1v) is 4.86. The van der Waals surface area contributed by atoms with Gasteiger partial charge in [-0.25, -0.2) is 0 Å². The molecule has 0 bridgehead atoms. The van der Waals surface area contributed by atoms with E-state index in [1.54, 1.807) is 6.92 Å². The molecule has 0 saturated heterocycles. The molecule has 0 amide bonds. The van der Waals surface area contributed by atoms with Crippen LogP contribution in [0.2, 0.25) is 0 Å². The van der Waals surface area contributed by atoms with Crippen LogP contribution in [0, 0.1) is 5.92 Å². The second-order valence-corrected chi connectivity index (χ2v) is 4.14. The van der Waals surface area contributed by atoms with Gasteiger partial charge in [0.2, 0.25) is 0 Å². The van der Waals surface area contributed by atoms with E-state index < -0.39 is 0 Å². The van der Waals surface area contributed by atoms with E-state index in [4.69, 9.17) is 0 Å². The van der Waals surface area contributed by atoms with Crippen LogP contribution in [0.4, 0.5) is 0 Å². The molecule has 1 aliphatic carbocycles. The maximum Gasteiger partial charge on any atom is 0.132 e. The minimum atomic E-state index is 0.334. The summed E-state index contributed by atoms with van der Waals surface area (Å²) in [5.41, 5.74) is 0. The summed E-state index contributed by atoms with van der Waals surface area (Å²) in [6.45, 7) is 6.02. The highest BCUT2D eigenvalue weighted by Gasteiger charge is 2.27. The van der Waals surface area contributed by atoms with Crippen LogP contribution in [0.1, 0.15) is 40.0 Å². The molecule has 2 heteroatoms. The molecule has 1 rings (SSSR count). The Morgan fingerprint density at radius 1 is 1.42 bits per heavy atom. The van der Waals surface area contributed by atoms with E-state index in [2.05, 4.69) is 19.2 Å². The normalized spacial score (nSPS) is 29.7. The average Bonchev–Trinajstić information content (AvgIpc) is 2.34. The van der Waals surface area contributed by atoms with Gasteiger partial charge in [-0.3, -0.25) is 4.79 Å².